The van der Waals surface area contributed by atoms with Crippen molar-refractivity contribution < 1.29 is 22.6 Å². The summed E-state index contributed by atoms with van der Waals surface area (Å²) in [6.07, 6.45) is 4.43. The molecule has 0 radical (unpaired) electrons. The fourth-order valence-corrected chi connectivity index (χ4v) is 4.56. The number of rotatable bonds is 11. The summed E-state index contributed by atoms with van der Waals surface area (Å²) in [6.45, 7) is 0.354. The fraction of sp³-hybridized carbons (Fsp3) is 0.231. The van der Waals surface area contributed by atoms with Crippen LogP contribution in [-0.4, -0.2) is 35.0 Å². The number of benzene rings is 3. The minimum absolute atomic E-state index is 0.0635. The maximum absolute atomic E-state index is 12.2. The standard InChI is InChI=1S/C26H28O5S/c1-29-25-17-23(18-26(19-25)30-2)10-9-21-11-13-24(14-12-21)31-15-6-16-32(27,28)20-22-7-4-3-5-8-22/h3-5,7-14,17-19H,6,15-16,20H2,1-2H3/b10-9+. The molecule has 0 heterocycles. The van der Waals surface area contributed by atoms with Gasteiger partial charge in [-0.15, -0.1) is 0 Å². The van der Waals surface area contributed by atoms with Gasteiger partial charge >= 0.3 is 0 Å². The Morgan fingerprint density at radius 3 is 2.00 bits per heavy atom. The molecule has 0 bridgehead atoms. The summed E-state index contributed by atoms with van der Waals surface area (Å²) in [6, 6.07) is 22.6. The minimum Gasteiger partial charge on any atom is -0.497 e. The van der Waals surface area contributed by atoms with Gasteiger partial charge < -0.3 is 14.2 Å². The molecule has 3 rings (SSSR count). The lowest BCUT2D eigenvalue weighted by Crippen LogP contribution is -2.12. The zero-order valence-corrected chi connectivity index (χ0v) is 19.2. The first-order chi connectivity index (χ1) is 15.5. The van der Waals surface area contributed by atoms with E-state index in [9.17, 15) is 8.42 Å². The van der Waals surface area contributed by atoms with E-state index in [0.717, 1.165) is 28.2 Å². The zero-order chi connectivity index (χ0) is 22.8. The van der Waals surface area contributed by atoms with E-state index < -0.39 is 9.84 Å². The molecular formula is C26H28O5S. The highest BCUT2D eigenvalue weighted by Crippen LogP contribution is 2.24. The lowest BCUT2D eigenvalue weighted by atomic mass is 10.1. The van der Waals surface area contributed by atoms with Crippen molar-refractivity contribution in [3.05, 3.63) is 89.5 Å². The molecule has 6 heteroatoms. The van der Waals surface area contributed by atoms with Crippen LogP contribution in [0.25, 0.3) is 12.2 Å². The van der Waals surface area contributed by atoms with E-state index in [1.165, 1.54) is 0 Å². The topological polar surface area (TPSA) is 61.8 Å². The molecule has 0 saturated carbocycles. The van der Waals surface area contributed by atoms with Crippen LogP contribution in [-0.2, 0) is 15.6 Å². The predicted molar refractivity (Wildman–Crippen MR) is 129 cm³/mol. The van der Waals surface area contributed by atoms with Crippen molar-refractivity contribution in [1.29, 1.82) is 0 Å². The highest BCUT2D eigenvalue weighted by Gasteiger charge is 2.11. The average molecular weight is 453 g/mol. The minimum atomic E-state index is -3.15. The van der Waals surface area contributed by atoms with Gasteiger partial charge in [-0.2, -0.15) is 0 Å². The predicted octanol–water partition coefficient (Wildman–Crippen LogP) is 5.26. The highest BCUT2D eigenvalue weighted by molar-refractivity contribution is 7.90. The molecule has 0 unspecified atom stereocenters. The Kier molecular flexibility index (Phi) is 8.34. The number of sulfone groups is 1. The number of ether oxygens (including phenoxy) is 3. The van der Waals surface area contributed by atoms with E-state index in [2.05, 4.69) is 0 Å². The van der Waals surface area contributed by atoms with Crippen molar-refractivity contribution in [3.8, 4) is 17.2 Å². The summed E-state index contributed by atoms with van der Waals surface area (Å²) in [5.74, 6) is 2.35. The first-order valence-electron chi connectivity index (χ1n) is 10.4. The van der Waals surface area contributed by atoms with E-state index in [1.54, 1.807) is 14.2 Å². The van der Waals surface area contributed by atoms with Gasteiger partial charge in [0.15, 0.2) is 9.84 Å². The van der Waals surface area contributed by atoms with Gasteiger partial charge in [-0.05, 0) is 47.4 Å². The Morgan fingerprint density at radius 2 is 1.38 bits per heavy atom. The molecule has 0 N–H and O–H groups in total. The second-order valence-electron chi connectivity index (χ2n) is 7.33. The average Bonchev–Trinajstić information content (AvgIpc) is 2.81. The molecule has 0 fully saturated rings. The Morgan fingerprint density at radius 1 is 0.750 bits per heavy atom. The molecule has 3 aromatic carbocycles. The van der Waals surface area contributed by atoms with E-state index in [0.29, 0.717) is 18.8 Å². The van der Waals surface area contributed by atoms with Gasteiger partial charge in [0.05, 0.1) is 32.3 Å². The van der Waals surface area contributed by atoms with Gasteiger partial charge in [0, 0.05) is 6.07 Å². The molecule has 3 aromatic rings. The largest absolute Gasteiger partial charge is 0.497 e. The molecule has 0 aliphatic rings. The SMILES string of the molecule is COc1cc(/C=C/c2ccc(OCCCS(=O)(=O)Cc3ccccc3)cc2)cc(OC)c1. The second-order valence-corrected chi connectivity index (χ2v) is 9.51. The summed E-state index contributed by atoms with van der Waals surface area (Å²) in [7, 11) is 0.103. The van der Waals surface area contributed by atoms with E-state index >= 15 is 0 Å². The highest BCUT2D eigenvalue weighted by atomic mass is 32.2. The molecule has 5 nitrogen and oxygen atoms in total. The molecule has 0 aliphatic heterocycles. The zero-order valence-electron chi connectivity index (χ0n) is 18.4. The van der Waals surface area contributed by atoms with Crippen LogP contribution < -0.4 is 14.2 Å². The van der Waals surface area contributed by atoms with Crippen molar-refractivity contribution in [1.82, 2.24) is 0 Å². The summed E-state index contributed by atoms with van der Waals surface area (Å²) < 4.78 is 40.8. The van der Waals surface area contributed by atoms with Gasteiger partial charge in [-0.25, -0.2) is 8.42 Å². The molecule has 32 heavy (non-hydrogen) atoms. The molecule has 0 aliphatic carbocycles. The van der Waals surface area contributed by atoms with E-state index in [4.69, 9.17) is 14.2 Å². The first kappa shape index (κ1) is 23.4. The molecule has 168 valence electrons. The molecule has 0 amide bonds. The van der Waals surface area contributed by atoms with Crippen LogP contribution in [0.15, 0.2) is 72.8 Å². The molecule has 0 spiro atoms. The van der Waals surface area contributed by atoms with Crippen molar-refractivity contribution in [2.24, 2.45) is 0 Å². The third-order valence-electron chi connectivity index (χ3n) is 4.82. The quantitative estimate of drug-likeness (QED) is 0.293. The van der Waals surface area contributed by atoms with Gasteiger partial charge in [0.1, 0.15) is 17.2 Å². The summed E-state index contributed by atoms with van der Waals surface area (Å²) in [5.41, 5.74) is 2.80. The Bertz CT molecular complexity index is 1100. The molecule has 0 aromatic heterocycles. The van der Waals surface area contributed by atoms with Crippen molar-refractivity contribution in [3.63, 3.8) is 0 Å². The lowest BCUT2D eigenvalue weighted by molar-refractivity contribution is 0.317. The Labute approximate surface area is 190 Å². The summed E-state index contributed by atoms with van der Waals surface area (Å²) >= 11 is 0. The Hall–Kier alpha value is -3.25. The van der Waals surface area contributed by atoms with Gasteiger partial charge in [-0.1, -0.05) is 54.6 Å². The van der Waals surface area contributed by atoms with Crippen LogP contribution in [0.3, 0.4) is 0 Å². The van der Waals surface area contributed by atoms with Crippen molar-refractivity contribution in [2.45, 2.75) is 12.2 Å². The van der Waals surface area contributed by atoms with Crippen LogP contribution in [0, 0.1) is 0 Å². The first-order valence-corrected chi connectivity index (χ1v) is 12.2. The molecule has 0 saturated heterocycles. The van der Waals surface area contributed by atoms with Crippen molar-refractivity contribution in [2.75, 3.05) is 26.6 Å². The van der Waals surface area contributed by atoms with E-state index in [-0.39, 0.29) is 11.5 Å². The molecule has 0 atom stereocenters. The maximum Gasteiger partial charge on any atom is 0.154 e. The second kappa shape index (κ2) is 11.4. The smallest absolute Gasteiger partial charge is 0.154 e. The fourth-order valence-electron chi connectivity index (χ4n) is 3.16. The third kappa shape index (κ3) is 7.46. The third-order valence-corrected chi connectivity index (χ3v) is 6.50. The summed E-state index contributed by atoms with van der Waals surface area (Å²) in [5, 5.41) is 0. The van der Waals surface area contributed by atoms with Crippen LogP contribution in [0.5, 0.6) is 17.2 Å². The Balaban J connectivity index is 1.48. The number of hydrogen-bond donors (Lipinski definition) is 0. The lowest BCUT2D eigenvalue weighted by Gasteiger charge is -2.08. The van der Waals surface area contributed by atoms with Crippen molar-refractivity contribution >= 4 is 22.0 Å². The monoisotopic (exact) mass is 452 g/mol. The number of hydrogen-bond acceptors (Lipinski definition) is 5. The van der Waals surface area contributed by atoms with Crippen LogP contribution >= 0.6 is 0 Å². The van der Waals surface area contributed by atoms with Gasteiger partial charge in [-0.3, -0.25) is 0 Å². The van der Waals surface area contributed by atoms with Gasteiger partial charge in [0.25, 0.3) is 0 Å². The normalized spacial score (nSPS) is 11.4. The number of methoxy groups -OCH3 is 2. The van der Waals surface area contributed by atoms with Gasteiger partial charge in [0.2, 0.25) is 0 Å². The molecular weight excluding hydrogens is 424 g/mol. The summed E-state index contributed by atoms with van der Waals surface area (Å²) in [4.78, 5) is 0. The maximum atomic E-state index is 12.2. The van der Waals surface area contributed by atoms with Crippen LogP contribution in [0.1, 0.15) is 23.1 Å². The van der Waals surface area contributed by atoms with Crippen LogP contribution in [0.2, 0.25) is 0 Å². The van der Waals surface area contributed by atoms with E-state index in [1.807, 2.05) is 84.9 Å². The van der Waals surface area contributed by atoms with Crippen LogP contribution in [0.4, 0.5) is 0 Å².